The van der Waals surface area contributed by atoms with Gasteiger partial charge in [-0.3, -0.25) is 9.59 Å². The molecule has 1 aromatic rings. The van der Waals surface area contributed by atoms with Gasteiger partial charge in [-0.05, 0) is 43.0 Å². The zero-order chi connectivity index (χ0) is 16.5. The average molecular weight is 309 g/mol. The molecular weight excluding hydrogens is 285 g/mol. The summed E-state index contributed by atoms with van der Waals surface area (Å²) in [6.45, 7) is 4.90. The number of carbonyl (C=O) groups excluding carboxylic acids is 2. The molecule has 0 aliphatic rings. The molecule has 0 unspecified atom stereocenters. The van der Waals surface area contributed by atoms with E-state index in [1.54, 1.807) is 0 Å². The summed E-state index contributed by atoms with van der Waals surface area (Å²) in [5, 5.41) is 5.45. The highest BCUT2D eigenvalue weighted by Crippen LogP contribution is 2.03. The van der Waals surface area contributed by atoms with E-state index in [0.29, 0.717) is 37.4 Å². The number of amides is 2. The van der Waals surface area contributed by atoms with E-state index in [1.807, 2.05) is 13.8 Å². The second-order valence-electron chi connectivity index (χ2n) is 5.64. The lowest BCUT2D eigenvalue weighted by Crippen LogP contribution is -2.42. The van der Waals surface area contributed by atoms with E-state index in [0.717, 1.165) is 0 Å². The third kappa shape index (κ3) is 6.67. The molecule has 0 radical (unpaired) electrons. The SMILES string of the molecule is CC(C)C[C@H](N)C(=O)NCCCNC(=O)c1ccc(F)cc1. The fraction of sp³-hybridized carbons (Fsp3) is 0.500. The van der Waals surface area contributed by atoms with Crippen LogP contribution < -0.4 is 16.4 Å². The molecule has 0 spiro atoms. The summed E-state index contributed by atoms with van der Waals surface area (Å²) in [6.07, 6.45) is 1.25. The number of hydrogen-bond acceptors (Lipinski definition) is 3. The van der Waals surface area contributed by atoms with E-state index in [4.69, 9.17) is 5.73 Å². The zero-order valence-corrected chi connectivity index (χ0v) is 13.1. The molecule has 122 valence electrons. The van der Waals surface area contributed by atoms with Crippen LogP contribution in [0.3, 0.4) is 0 Å². The summed E-state index contributed by atoms with van der Waals surface area (Å²) < 4.78 is 12.7. The Hall–Kier alpha value is -1.95. The van der Waals surface area contributed by atoms with Crippen LogP contribution in [0.5, 0.6) is 0 Å². The summed E-state index contributed by atoms with van der Waals surface area (Å²) in [5.74, 6) is -0.436. The Balaban J connectivity index is 2.18. The van der Waals surface area contributed by atoms with Crippen molar-refractivity contribution in [2.45, 2.75) is 32.7 Å². The van der Waals surface area contributed by atoms with Gasteiger partial charge in [0, 0.05) is 18.7 Å². The van der Waals surface area contributed by atoms with E-state index in [1.165, 1.54) is 24.3 Å². The summed E-state index contributed by atoms with van der Waals surface area (Å²) >= 11 is 0. The molecule has 0 saturated carbocycles. The summed E-state index contributed by atoms with van der Waals surface area (Å²) in [6, 6.07) is 4.85. The van der Waals surface area contributed by atoms with Crippen LogP contribution in [0.15, 0.2) is 24.3 Å². The van der Waals surface area contributed by atoms with Crippen molar-refractivity contribution in [2.24, 2.45) is 11.7 Å². The number of nitrogens with two attached hydrogens (primary N) is 1. The topological polar surface area (TPSA) is 84.2 Å². The van der Waals surface area contributed by atoms with Crippen LogP contribution in [-0.4, -0.2) is 30.9 Å². The Morgan fingerprint density at radius 1 is 1.14 bits per heavy atom. The van der Waals surface area contributed by atoms with E-state index in [9.17, 15) is 14.0 Å². The van der Waals surface area contributed by atoms with Crippen LogP contribution in [0.4, 0.5) is 4.39 Å². The maximum Gasteiger partial charge on any atom is 0.251 e. The van der Waals surface area contributed by atoms with Gasteiger partial charge in [0.15, 0.2) is 0 Å². The van der Waals surface area contributed by atoms with Gasteiger partial charge < -0.3 is 16.4 Å². The largest absolute Gasteiger partial charge is 0.355 e. The third-order valence-corrected chi connectivity index (χ3v) is 3.11. The van der Waals surface area contributed by atoms with Gasteiger partial charge in [0.1, 0.15) is 5.82 Å². The average Bonchev–Trinajstić information content (AvgIpc) is 2.46. The normalized spacial score (nSPS) is 12.0. The summed E-state index contributed by atoms with van der Waals surface area (Å²) in [5.41, 5.74) is 6.16. The molecule has 1 aromatic carbocycles. The van der Waals surface area contributed by atoms with Crippen LogP contribution in [0.25, 0.3) is 0 Å². The lowest BCUT2D eigenvalue weighted by Gasteiger charge is -2.14. The molecule has 22 heavy (non-hydrogen) atoms. The first-order valence-corrected chi connectivity index (χ1v) is 7.47. The van der Waals surface area contributed by atoms with Gasteiger partial charge in [-0.1, -0.05) is 13.8 Å². The van der Waals surface area contributed by atoms with Crippen molar-refractivity contribution in [3.05, 3.63) is 35.6 Å². The van der Waals surface area contributed by atoms with Gasteiger partial charge in [-0.15, -0.1) is 0 Å². The van der Waals surface area contributed by atoms with E-state index >= 15 is 0 Å². The summed E-state index contributed by atoms with van der Waals surface area (Å²) in [7, 11) is 0. The number of carbonyl (C=O) groups is 2. The number of hydrogen-bond donors (Lipinski definition) is 3. The minimum atomic E-state index is -0.492. The number of rotatable bonds is 8. The maximum absolute atomic E-state index is 12.7. The Morgan fingerprint density at radius 3 is 2.32 bits per heavy atom. The fourth-order valence-electron chi connectivity index (χ4n) is 1.95. The van der Waals surface area contributed by atoms with Crippen molar-refractivity contribution in [1.29, 1.82) is 0 Å². The zero-order valence-electron chi connectivity index (χ0n) is 13.1. The predicted octanol–water partition coefficient (Wildman–Crippen LogP) is 1.44. The van der Waals surface area contributed by atoms with Crippen LogP contribution >= 0.6 is 0 Å². The molecule has 4 N–H and O–H groups in total. The second kappa shape index (κ2) is 9.15. The van der Waals surface area contributed by atoms with Gasteiger partial charge in [0.05, 0.1) is 6.04 Å². The predicted molar refractivity (Wildman–Crippen MR) is 83.8 cm³/mol. The quantitative estimate of drug-likeness (QED) is 0.635. The molecule has 0 bridgehead atoms. The first-order chi connectivity index (χ1) is 10.4. The van der Waals surface area contributed by atoms with E-state index < -0.39 is 6.04 Å². The molecular formula is C16H24FN3O2. The third-order valence-electron chi connectivity index (χ3n) is 3.11. The first kappa shape index (κ1) is 18.1. The fourth-order valence-corrected chi connectivity index (χ4v) is 1.95. The van der Waals surface area contributed by atoms with Crippen LogP contribution in [-0.2, 0) is 4.79 Å². The Kier molecular flexibility index (Phi) is 7.52. The van der Waals surface area contributed by atoms with E-state index in [2.05, 4.69) is 10.6 Å². The van der Waals surface area contributed by atoms with Gasteiger partial charge in [-0.2, -0.15) is 0 Å². The minimum absolute atomic E-state index is 0.168. The standard InChI is InChI=1S/C16H24FN3O2/c1-11(2)10-14(18)16(22)20-9-3-8-19-15(21)12-4-6-13(17)7-5-12/h4-7,11,14H,3,8-10,18H2,1-2H3,(H,19,21)(H,20,22)/t14-/m0/s1. The Bertz CT molecular complexity index is 489. The molecule has 0 aliphatic heterocycles. The maximum atomic E-state index is 12.7. The summed E-state index contributed by atoms with van der Waals surface area (Å²) in [4.78, 5) is 23.4. The molecule has 0 heterocycles. The Morgan fingerprint density at radius 2 is 1.73 bits per heavy atom. The number of benzene rings is 1. The van der Waals surface area contributed by atoms with Gasteiger partial charge >= 0.3 is 0 Å². The molecule has 2 amide bonds. The molecule has 1 rings (SSSR count). The molecule has 0 aliphatic carbocycles. The van der Waals surface area contributed by atoms with Crippen molar-refractivity contribution in [3.63, 3.8) is 0 Å². The highest BCUT2D eigenvalue weighted by atomic mass is 19.1. The van der Waals surface area contributed by atoms with Crippen LogP contribution in [0.1, 0.15) is 37.0 Å². The van der Waals surface area contributed by atoms with Gasteiger partial charge in [-0.25, -0.2) is 4.39 Å². The van der Waals surface area contributed by atoms with Crippen molar-refractivity contribution in [2.75, 3.05) is 13.1 Å². The number of nitrogens with one attached hydrogen (secondary N) is 2. The van der Waals surface area contributed by atoms with Crippen molar-refractivity contribution < 1.29 is 14.0 Å². The second-order valence-corrected chi connectivity index (χ2v) is 5.64. The molecule has 6 heteroatoms. The van der Waals surface area contributed by atoms with Crippen LogP contribution in [0.2, 0.25) is 0 Å². The molecule has 0 saturated heterocycles. The van der Waals surface area contributed by atoms with Crippen LogP contribution in [0, 0.1) is 11.7 Å². The lowest BCUT2D eigenvalue weighted by molar-refractivity contribution is -0.122. The molecule has 0 fully saturated rings. The molecule has 1 atom stereocenters. The Labute approximate surface area is 130 Å². The minimum Gasteiger partial charge on any atom is -0.355 e. The highest BCUT2D eigenvalue weighted by molar-refractivity contribution is 5.94. The number of halogens is 1. The van der Waals surface area contributed by atoms with Gasteiger partial charge in [0.25, 0.3) is 5.91 Å². The van der Waals surface area contributed by atoms with Crippen molar-refractivity contribution in [1.82, 2.24) is 10.6 Å². The van der Waals surface area contributed by atoms with Crippen molar-refractivity contribution in [3.8, 4) is 0 Å². The van der Waals surface area contributed by atoms with Crippen molar-refractivity contribution >= 4 is 11.8 Å². The highest BCUT2D eigenvalue weighted by Gasteiger charge is 2.14. The van der Waals surface area contributed by atoms with E-state index in [-0.39, 0.29) is 17.6 Å². The first-order valence-electron chi connectivity index (χ1n) is 7.47. The smallest absolute Gasteiger partial charge is 0.251 e. The monoisotopic (exact) mass is 309 g/mol. The molecule has 0 aromatic heterocycles. The van der Waals surface area contributed by atoms with Gasteiger partial charge in [0.2, 0.25) is 5.91 Å². The lowest BCUT2D eigenvalue weighted by atomic mass is 10.0. The molecule has 5 nitrogen and oxygen atoms in total.